The van der Waals surface area contributed by atoms with E-state index >= 15 is 0 Å². The van der Waals surface area contributed by atoms with Gasteiger partial charge in [-0.05, 0) is 28.1 Å². The predicted octanol–water partition coefficient (Wildman–Crippen LogP) is 1.47. The second-order valence-electron chi connectivity index (χ2n) is 3.22. The molecular formula is C10H10BrN3O2. The Morgan fingerprint density at radius 1 is 1.56 bits per heavy atom. The first kappa shape index (κ1) is 11.1. The maximum atomic E-state index is 11.6. The van der Waals surface area contributed by atoms with Gasteiger partial charge in [-0.1, -0.05) is 0 Å². The van der Waals surface area contributed by atoms with Crippen molar-refractivity contribution in [1.29, 1.82) is 0 Å². The highest BCUT2D eigenvalue weighted by atomic mass is 79.9. The molecule has 2 aromatic heterocycles. The molecule has 6 heteroatoms. The first-order valence-corrected chi connectivity index (χ1v) is 5.42. The van der Waals surface area contributed by atoms with Crippen molar-refractivity contribution in [3.05, 3.63) is 44.9 Å². The zero-order chi connectivity index (χ0) is 11.5. The summed E-state index contributed by atoms with van der Waals surface area (Å²) >= 11 is 3.29. The van der Waals surface area contributed by atoms with Crippen LogP contribution >= 0.6 is 15.9 Å². The Kier molecular flexibility index (Phi) is 3.21. The third-order valence-corrected chi connectivity index (χ3v) is 2.48. The molecule has 0 bridgehead atoms. The van der Waals surface area contributed by atoms with Gasteiger partial charge in [0, 0.05) is 23.8 Å². The van der Waals surface area contributed by atoms with Crippen LogP contribution in [0.3, 0.4) is 0 Å². The number of H-pyrrole nitrogens is 1. The summed E-state index contributed by atoms with van der Waals surface area (Å²) in [7, 11) is 1.58. The van der Waals surface area contributed by atoms with Gasteiger partial charge in [0.15, 0.2) is 5.82 Å². The normalized spacial score (nSPS) is 10.6. The number of ether oxygens (including phenoxy) is 1. The molecule has 0 aliphatic rings. The average Bonchev–Trinajstić information content (AvgIpc) is 2.61. The second-order valence-corrected chi connectivity index (χ2v) is 4.14. The Morgan fingerprint density at radius 3 is 3.00 bits per heavy atom. The maximum Gasteiger partial charge on any atom is 0.272 e. The van der Waals surface area contributed by atoms with Crippen LogP contribution < -0.4 is 5.56 Å². The smallest absolute Gasteiger partial charge is 0.272 e. The van der Waals surface area contributed by atoms with Gasteiger partial charge in [0.2, 0.25) is 0 Å². The van der Waals surface area contributed by atoms with Crippen molar-refractivity contribution >= 4 is 15.9 Å². The van der Waals surface area contributed by atoms with E-state index < -0.39 is 0 Å². The van der Waals surface area contributed by atoms with Gasteiger partial charge in [0.05, 0.1) is 12.3 Å². The third kappa shape index (κ3) is 2.23. The zero-order valence-electron chi connectivity index (χ0n) is 8.61. The minimum absolute atomic E-state index is 0.151. The number of hydrogen-bond donors (Lipinski definition) is 1. The van der Waals surface area contributed by atoms with Crippen molar-refractivity contribution in [1.82, 2.24) is 14.8 Å². The number of rotatable bonds is 3. The Labute approximate surface area is 100 Å². The van der Waals surface area contributed by atoms with Crippen molar-refractivity contribution in [2.45, 2.75) is 6.61 Å². The van der Waals surface area contributed by atoms with Crippen LogP contribution in [0.2, 0.25) is 0 Å². The Hall–Kier alpha value is -1.40. The van der Waals surface area contributed by atoms with Gasteiger partial charge in [-0.2, -0.15) is 0 Å². The molecule has 0 aliphatic carbocycles. The van der Waals surface area contributed by atoms with Crippen LogP contribution in [-0.2, 0) is 11.3 Å². The molecule has 0 unspecified atom stereocenters. The van der Waals surface area contributed by atoms with Crippen LogP contribution in [0.4, 0.5) is 0 Å². The summed E-state index contributed by atoms with van der Waals surface area (Å²) < 4.78 is 7.18. The molecule has 84 valence electrons. The van der Waals surface area contributed by atoms with Crippen molar-refractivity contribution in [3.8, 4) is 5.82 Å². The van der Waals surface area contributed by atoms with Crippen LogP contribution in [0.25, 0.3) is 5.82 Å². The molecular weight excluding hydrogens is 274 g/mol. The highest BCUT2D eigenvalue weighted by Gasteiger charge is 2.05. The van der Waals surface area contributed by atoms with E-state index in [-0.39, 0.29) is 5.56 Å². The molecule has 0 aromatic carbocycles. The molecule has 0 saturated heterocycles. The van der Waals surface area contributed by atoms with Gasteiger partial charge in [-0.3, -0.25) is 9.89 Å². The molecule has 1 N–H and O–H groups in total. The molecule has 0 radical (unpaired) electrons. The number of methoxy groups -OCH3 is 1. The largest absolute Gasteiger partial charge is 0.378 e. The molecule has 16 heavy (non-hydrogen) atoms. The summed E-state index contributed by atoms with van der Waals surface area (Å²) in [6, 6.07) is 5.07. The minimum Gasteiger partial charge on any atom is -0.378 e. The van der Waals surface area contributed by atoms with Gasteiger partial charge in [0.25, 0.3) is 5.56 Å². The lowest BCUT2D eigenvalue weighted by Crippen LogP contribution is -2.14. The first-order chi connectivity index (χ1) is 7.70. The van der Waals surface area contributed by atoms with Gasteiger partial charge in [-0.15, -0.1) is 0 Å². The quantitative estimate of drug-likeness (QED) is 0.928. The summed E-state index contributed by atoms with van der Waals surface area (Å²) in [5, 5.41) is 2.92. The summed E-state index contributed by atoms with van der Waals surface area (Å²) in [5.74, 6) is 0.551. The minimum atomic E-state index is -0.151. The third-order valence-electron chi connectivity index (χ3n) is 2.01. The topological polar surface area (TPSA) is 59.9 Å². The van der Waals surface area contributed by atoms with Crippen molar-refractivity contribution in [2.24, 2.45) is 0 Å². The van der Waals surface area contributed by atoms with E-state index in [1.165, 1.54) is 10.7 Å². The predicted molar refractivity (Wildman–Crippen MR) is 62.6 cm³/mol. The standard InChI is InChI=1S/C10H10BrN3O2/c1-16-6-8-4-10(15)14(13-8)9-3-2-7(11)5-12-9/h2-5,13H,6H2,1H3. The number of halogens is 1. The van der Waals surface area contributed by atoms with Crippen molar-refractivity contribution < 1.29 is 4.74 Å². The number of pyridine rings is 1. The van der Waals surface area contributed by atoms with E-state index in [1.54, 1.807) is 19.4 Å². The van der Waals surface area contributed by atoms with E-state index in [4.69, 9.17) is 4.74 Å². The van der Waals surface area contributed by atoms with Crippen LogP contribution in [0.1, 0.15) is 5.69 Å². The molecule has 2 heterocycles. The SMILES string of the molecule is COCc1cc(=O)n(-c2ccc(Br)cn2)[nH]1. The van der Waals surface area contributed by atoms with Crippen LogP contribution in [0.15, 0.2) is 33.7 Å². The maximum absolute atomic E-state index is 11.6. The first-order valence-electron chi connectivity index (χ1n) is 4.62. The molecule has 0 spiro atoms. The number of aromatic nitrogens is 3. The monoisotopic (exact) mass is 283 g/mol. The highest BCUT2D eigenvalue weighted by molar-refractivity contribution is 9.10. The van der Waals surface area contributed by atoms with Gasteiger partial charge < -0.3 is 4.74 Å². The molecule has 0 atom stereocenters. The molecule has 0 fully saturated rings. The summed E-state index contributed by atoms with van der Waals surface area (Å²) in [5.41, 5.74) is 0.569. The van der Waals surface area contributed by atoms with Crippen molar-refractivity contribution in [3.63, 3.8) is 0 Å². The van der Waals surface area contributed by atoms with Crippen molar-refractivity contribution in [2.75, 3.05) is 7.11 Å². The number of hydrogen-bond acceptors (Lipinski definition) is 3. The highest BCUT2D eigenvalue weighted by Crippen LogP contribution is 2.09. The van der Waals surface area contributed by atoms with Gasteiger partial charge in [0.1, 0.15) is 0 Å². The van der Waals surface area contributed by atoms with E-state index in [1.807, 2.05) is 6.07 Å². The summed E-state index contributed by atoms with van der Waals surface area (Å²) in [4.78, 5) is 15.8. The Bertz CT molecular complexity index is 530. The van der Waals surface area contributed by atoms with E-state index in [0.29, 0.717) is 12.4 Å². The van der Waals surface area contributed by atoms with E-state index in [0.717, 1.165) is 10.2 Å². The number of aromatic amines is 1. The second kappa shape index (κ2) is 4.63. The van der Waals surface area contributed by atoms with Crippen LogP contribution in [0.5, 0.6) is 0 Å². The number of nitrogens with one attached hydrogen (secondary N) is 1. The molecule has 0 aliphatic heterocycles. The molecule has 2 aromatic rings. The molecule has 0 saturated carbocycles. The lowest BCUT2D eigenvalue weighted by atomic mass is 10.4. The fraction of sp³-hybridized carbons (Fsp3) is 0.200. The van der Waals surface area contributed by atoms with Gasteiger partial charge in [-0.25, -0.2) is 9.67 Å². The lowest BCUT2D eigenvalue weighted by molar-refractivity contribution is 0.181. The zero-order valence-corrected chi connectivity index (χ0v) is 10.2. The Morgan fingerprint density at radius 2 is 2.38 bits per heavy atom. The molecule has 2 rings (SSSR count). The Balaban J connectivity index is 2.40. The molecule has 0 amide bonds. The fourth-order valence-electron chi connectivity index (χ4n) is 1.34. The summed E-state index contributed by atoms with van der Waals surface area (Å²) in [6.07, 6.45) is 1.64. The fourth-order valence-corrected chi connectivity index (χ4v) is 1.58. The number of nitrogens with zero attached hydrogens (tertiary/aromatic N) is 2. The van der Waals surface area contributed by atoms with E-state index in [9.17, 15) is 4.79 Å². The average molecular weight is 284 g/mol. The van der Waals surface area contributed by atoms with E-state index in [2.05, 4.69) is 26.0 Å². The lowest BCUT2D eigenvalue weighted by Gasteiger charge is -2.00. The van der Waals surface area contributed by atoms with Gasteiger partial charge >= 0.3 is 0 Å². The van der Waals surface area contributed by atoms with Crippen LogP contribution in [0, 0.1) is 0 Å². The summed E-state index contributed by atoms with van der Waals surface area (Å²) in [6.45, 7) is 0.374. The van der Waals surface area contributed by atoms with Crippen LogP contribution in [-0.4, -0.2) is 21.9 Å². The molecule has 5 nitrogen and oxygen atoms in total.